The van der Waals surface area contributed by atoms with Gasteiger partial charge in [0.05, 0.1) is 28.8 Å². The highest BCUT2D eigenvalue weighted by Crippen LogP contribution is 2.32. The first-order valence-corrected chi connectivity index (χ1v) is 9.43. The van der Waals surface area contributed by atoms with E-state index in [1.807, 2.05) is 67.6 Å². The van der Waals surface area contributed by atoms with Crippen LogP contribution in [0, 0.1) is 6.92 Å². The summed E-state index contributed by atoms with van der Waals surface area (Å²) in [6.07, 6.45) is 1.56. The third kappa shape index (κ3) is 4.15. The zero-order valence-corrected chi connectivity index (χ0v) is 16.4. The highest BCUT2D eigenvalue weighted by Gasteiger charge is 2.17. The van der Waals surface area contributed by atoms with Gasteiger partial charge in [-0.15, -0.1) is 0 Å². The summed E-state index contributed by atoms with van der Waals surface area (Å²) in [5.41, 5.74) is 2.58. The Kier molecular flexibility index (Phi) is 5.31. The molecule has 0 fully saturated rings. The predicted molar refractivity (Wildman–Crippen MR) is 114 cm³/mol. The number of para-hydroxylation sites is 2. The predicted octanol–water partition coefficient (Wildman–Crippen LogP) is 5.88. The number of nitrogens with zero attached hydrogens (tertiary/aromatic N) is 2. The van der Waals surface area contributed by atoms with E-state index in [0.717, 1.165) is 11.4 Å². The number of ether oxygens (including phenoxy) is 1. The molecule has 29 heavy (non-hydrogen) atoms. The van der Waals surface area contributed by atoms with E-state index in [0.29, 0.717) is 27.8 Å². The molecule has 0 atom stereocenters. The molecule has 144 valence electrons. The molecule has 1 aromatic heterocycles. The number of hydrogen-bond donors (Lipinski definition) is 1. The molecule has 1 heterocycles. The zero-order chi connectivity index (χ0) is 20.2. The lowest BCUT2D eigenvalue weighted by Gasteiger charge is -2.13. The molecule has 3 aromatic carbocycles. The summed E-state index contributed by atoms with van der Waals surface area (Å²) in [6.45, 7) is 1.86. The zero-order valence-electron chi connectivity index (χ0n) is 15.7. The smallest absolute Gasteiger partial charge is 0.259 e. The van der Waals surface area contributed by atoms with Gasteiger partial charge in [-0.3, -0.25) is 4.79 Å². The first-order chi connectivity index (χ1) is 14.1. The Morgan fingerprint density at radius 3 is 2.41 bits per heavy atom. The van der Waals surface area contributed by atoms with E-state index in [9.17, 15) is 4.79 Å². The van der Waals surface area contributed by atoms with Crippen molar-refractivity contribution < 1.29 is 9.53 Å². The molecule has 5 nitrogen and oxygen atoms in total. The average Bonchev–Trinajstić information content (AvgIpc) is 3.13. The molecule has 6 heteroatoms. The molecule has 0 saturated carbocycles. The summed E-state index contributed by atoms with van der Waals surface area (Å²) in [4.78, 5) is 12.9. The Labute approximate surface area is 173 Å². The van der Waals surface area contributed by atoms with Gasteiger partial charge in [0, 0.05) is 5.02 Å². The van der Waals surface area contributed by atoms with Gasteiger partial charge in [0.2, 0.25) is 0 Å². The first-order valence-electron chi connectivity index (χ1n) is 9.05. The lowest BCUT2D eigenvalue weighted by atomic mass is 10.2. The van der Waals surface area contributed by atoms with Gasteiger partial charge < -0.3 is 10.1 Å². The highest BCUT2D eigenvalue weighted by molar-refractivity contribution is 6.31. The molecule has 0 bridgehead atoms. The number of aromatic nitrogens is 2. The molecule has 0 saturated heterocycles. The molecular formula is C23H18ClN3O2. The van der Waals surface area contributed by atoms with Gasteiger partial charge in [-0.1, -0.05) is 48.0 Å². The van der Waals surface area contributed by atoms with E-state index in [2.05, 4.69) is 10.4 Å². The summed E-state index contributed by atoms with van der Waals surface area (Å²) in [5, 5.41) is 7.74. The van der Waals surface area contributed by atoms with Crippen LogP contribution in [0.1, 0.15) is 16.1 Å². The van der Waals surface area contributed by atoms with E-state index < -0.39 is 0 Å². The number of amides is 1. The van der Waals surface area contributed by atoms with Crippen molar-refractivity contribution in [2.45, 2.75) is 6.92 Å². The largest absolute Gasteiger partial charge is 0.455 e. The number of hydrogen-bond acceptors (Lipinski definition) is 3. The summed E-state index contributed by atoms with van der Waals surface area (Å²) < 4.78 is 7.64. The third-order valence-corrected chi connectivity index (χ3v) is 4.65. The summed E-state index contributed by atoms with van der Waals surface area (Å²) in [7, 11) is 0. The minimum atomic E-state index is -0.287. The number of halogens is 1. The van der Waals surface area contributed by atoms with E-state index in [-0.39, 0.29) is 5.91 Å². The van der Waals surface area contributed by atoms with Crippen LogP contribution in [0.15, 0.2) is 85.1 Å². The molecule has 0 radical (unpaired) electrons. The highest BCUT2D eigenvalue weighted by atomic mass is 35.5. The SMILES string of the molecule is Cc1c(C(=O)Nc2cc(Cl)ccc2Oc2ccccc2)cnn1-c1ccccc1. The quantitative estimate of drug-likeness (QED) is 0.452. The molecule has 4 rings (SSSR count). The van der Waals surface area contributed by atoms with Crippen LogP contribution in [-0.4, -0.2) is 15.7 Å². The topological polar surface area (TPSA) is 56.1 Å². The van der Waals surface area contributed by atoms with Crippen LogP contribution < -0.4 is 10.1 Å². The first kappa shape index (κ1) is 18.8. The van der Waals surface area contributed by atoms with E-state index >= 15 is 0 Å². The van der Waals surface area contributed by atoms with Gasteiger partial charge in [-0.25, -0.2) is 4.68 Å². The van der Waals surface area contributed by atoms with Crippen molar-refractivity contribution in [3.05, 3.63) is 101 Å². The van der Waals surface area contributed by atoms with Crippen molar-refractivity contribution in [2.75, 3.05) is 5.32 Å². The standard InChI is InChI=1S/C23H18ClN3O2/c1-16-20(15-25-27(16)18-8-4-2-5-9-18)23(28)26-21-14-17(24)12-13-22(21)29-19-10-6-3-7-11-19/h2-15H,1H3,(H,26,28). The molecular weight excluding hydrogens is 386 g/mol. The molecule has 1 amide bonds. The Hall–Kier alpha value is -3.57. The molecule has 1 N–H and O–H groups in total. The van der Waals surface area contributed by atoms with Crippen LogP contribution in [0.2, 0.25) is 5.02 Å². The Morgan fingerprint density at radius 2 is 1.69 bits per heavy atom. The Bertz CT molecular complexity index is 1140. The summed E-state index contributed by atoms with van der Waals surface area (Å²) in [6, 6.07) is 24.1. The molecule has 0 unspecified atom stereocenters. The van der Waals surface area contributed by atoms with Crippen molar-refractivity contribution >= 4 is 23.2 Å². The number of anilines is 1. The minimum Gasteiger partial charge on any atom is -0.455 e. The average molecular weight is 404 g/mol. The Morgan fingerprint density at radius 1 is 1.00 bits per heavy atom. The lowest BCUT2D eigenvalue weighted by molar-refractivity contribution is 0.102. The third-order valence-electron chi connectivity index (χ3n) is 4.42. The molecule has 0 aliphatic rings. The maximum absolute atomic E-state index is 12.9. The number of benzene rings is 3. The van der Waals surface area contributed by atoms with Crippen molar-refractivity contribution in [1.82, 2.24) is 9.78 Å². The number of carbonyl (C=O) groups is 1. The second-order valence-corrected chi connectivity index (χ2v) is 6.84. The van der Waals surface area contributed by atoms with Gasteiger partial charge in [-0.05, 0) is 49.4 Å². The molecule has 0 spiro atoms. The maximum Gasteiger partial charge on any atom is 0.259 e. The van der Waals surface area contributed by atoms with E-state index in [4.69, 9.17) is 16.3 Å². The van der Waals surface area contributed by atoms with E-state index in [1.54, 1.807) is 29.1 Å². The second-order valence-electron chi connectivity index (χ2n) is 6.40. The number of nitrogens with one attached hydrogen (secondary N) is 1. The van der Waals surface area contributed by atoms with Crippen LogP contribution in [0.4, 0.5) is 5.69 Å². The fourth-order valence-electron chi connectivity index (χ4n) is 2.96. The minimum absolute atomic E-state index is 0.287. The summed E-state index contributed by atoms with van der Waals surface area (Å²) in [5.74, 6) is 0.880. The van der Waals surface area contributed by atoms with Gasteiger partial charge in [-0.2, -0.15) is 5.10 Å². The van der Waals surface area contributed by atoms with Crippen LogP contribution in [0.25, 0.3) is 5.69 Å². The van der Waals surface area contributed by atoms with Crippen LogP contribution in [-0.2, 0) is 0 Å². The number of carbonyl (C=O) groups excluding carboxylic acids is 1. The summed E-state index contributed by atoms with van der Waals surface area (Å²) >= 11 is 6.14. The van der Waals surface area contributed by atoms with Gasteiger partial charge in [0.1, 0.15) is 5.75 Å². The van der Waals surface area contributed by atoms with Gasteiger partial charge in [0.15, 0.2) is 5.75 Å². The molecule has 0 aliphatic carbocycles. The molecule has 0 aliphatic heterocycles. The second kappa shape index (κ2) is 8.20. The van der Waals surface area contributed by atoms with Gasteiger partial charge >= 0.3 is 0 Å². The number of rotatable bonds is 5. The van der Waals surface area contributed by atoms with E-state index in [1.165, 1.54) is 0 Å². The normalized spacial score (nSPS) is 10.6. The van der Waals surface area contributed by atoms with Crippen LogP contribution in [0.3, 0.4) is 0 Å². The van der Waals surface area contributed by atoms with Crippen molar-refractivity contribution in [1.29, 1.82) is 0 Å². The Balaban J connectivity index is 1.61. The van der Waals surface area contributed by atoms with Crippen LogP contribution in [0.5, 0.6) is 11.5 Å². The fraction of sp³-hybridized carbons (Fsp3) is 0.0435. The van der Waals surface area contributed by atoms with Crippen LogP contribution >= 0.6 is 11.6 Å². The fourth-order valence-corrected chi connectivity index (χ4v) is 3.13. The van der Waals surface area contributed by atoms with Gasteiger partial charge in [0.25, 0.3) is 5.91 Å². The van der Waals surface area contributed by atoms with Crippen molar-refractivity contribution in [3.8, 4) is 17.2 Å². The van der Waals surface area contributed by atoms with Crippen molar-refractivity contribution in [3.63, 3.8) is 0 Å². The maximum atomic E-state index is 12.9. The molecule has 4 aromatic rings. The monoisotopic (exact) mass is 403 g/mol. The van der Waals surface area contributed by atoms with Crippen molar-refractivity contribution in [2.24, 2.45) is 0 Å². The lowest BCUT2D eigenvalue weighted by Crippen LogP contribution is -2.13.